The zero-order valence-corrected chi connectivity index (χ0v) is 21.3. The van der Waals surface area contributed by atoms with Crippen LogP contribution in [-0.2, 0) is 10.0 Å². The van der Waals surface area contributed by atoms with Crippen molar-refractivity contribution in [1.82, 2.24) is 4.83 Å². The van der Waals surface area contributed by atoms with Crippen LogP contribution in [0.25, 0.3) is 0 Å². The predicted molar refractivity (Wildman–Crippen MR) is 128 cm³/mol. The summed E-state index contributed by atoms with van der Waals surface area (Å²) in [6.45, 7) is 19.4. The lowest BCUT2D eigenvalue weighted by Crippen LogP contribution is -2.28. The highest BCUT2D eigenvalue weighted by molar-refractivity contribution is 7.89. The van der Waals surface area contributed by atoms with Crippen LogP contribution in [0.5, 0.6) is 0 Å². The Morgan fingerprint density at radius 1 is 0.900 bits per heavy atom. The zero-order valence-electron chi connectivity index (χ0n) is 20.5. The summed E-state index contributed by atoms with van der Waals surface area (Å²) in [6.07, 6.45) is 3.87. The molecule has 0 radical (unpaired) electrons. The molecule has 0 heterocycles. The summed E-state index contributed by atoms with van der Waals surface area (Å²) in [5.74, 6) is 1.24. The summed E-state index contributed by atoms with van der Waals surface area (Å²) in [6, 6.07) is 4.13. The maximum Gasteiger partial charge on any atom is 0.277 e. The van der Waals surface area contributed by atoms with E-state index < -0.39 is 10.0 Å². The van der Waals surface area contributed by atoms with Crippen molar-refractivity contribution in [2.45, 2.75) is 111 Å². The molecule has 4 nitrogen and oxygen atoms in total. The smallest absolute Gasteiger partial charge is 0.200 e. The second-order valence-corrected chi connectivity index (χ2v) is 12.5. The van der Waals surface area contributed by atoms with Gasteiger partial charge in [0.25, 0.3) is 10.0 Å². The van der Waals surface area contributed by atoms with E-state index in [1.54, 1.807) is 0 Å². The van der Waals surface area contributed by atoms with Crippen LogP contribution >= 0.6 is 0 Å². The first-order valence-electron chi connectivity index (χ1n) is 11.5. The molecule has 1 aliphatic carbocycles. The molecule has 0 bridgehead atoms. The van der Waals surface area contributed by atoms with E-state index in [0.717, 1.165) is 42.5 Å². The number of nitrogens with one attached hydrogen (secondary N) is 1. The molecule has 0 amide bonds. The maximum absolute atomic E-state index is 13.4. The molecule has 2 rings (SSSR count). The number of benzene rings is 1. The molecule has 1 saturated carbocycles. The highest BCUT2D eigenvalue weighted by atomic mass is 32.2. The Labute approximate surface area is 185 Å². The molecular formula is C25H42N2O2S. The van der Waals surface area contributed by atoms with Crippen LogP contribution in [-0.4, -0.2) is 14.1 Å². The average molecular weight is 435 g/mol. The van der Waals surface area contributed by atoms with E-state index in [0.29, 0.717) is 22.1 Å². The standard InChI is InChI=1S/C25H42N2O2S/c1-16(2)19-14-22(17(3)4)24(23(15-19)18(5)6)30(28,29)27-26-21-12-10-20(11-13-21)25(7,8)9/h14-18,20,27H,10-13H2,1-9H3. The molecule has 1 aromatic rings. The highest BCUT2D eigenvalue weighted by Crippen LogP contribution is 2.37. The molecule has 1 fully saturated rings. The largest absolute Gasteiger partial charge is 0.277 e. The van der Waals surface area contributed by atoms with E-state index in [1.807, 2.05) is 0 Å². The molecule has 0 saturated heterocycles. The van der Waals surface area contributed by atoms with Gasteiger partial charge in [0, 0.05) is 5.71 Å². The van der Waals surface area contributed by atoms with Gasteiger partial charge in [-0.25, -0.2) is 4.83 Å². The van der Waals surface area contributed by atoms with Crippen LogP contribution in [0.15, 0.2) is 22.1 Å². The van der Waals surface area contributed by atoms with E-state index in [9.17, 15) is 8.42 Å². The molecule has 0 spiro atoms. The molecular weight excluding hydrogens is 392 g/mol. The number of sulfonamides is 1. The molecule has 1 N–H and O–H groups in total. The molecule has 1 aliphatic rings. The van der Waals surface area contributed by atoms with Crippen molar-refractivity contribution in [3.05, 3.63) is 28.8 Å². The van der Waals surface area contributed by atoms with E-state index >= 15 is 0 Å². The van der Waals surface area contributed by atoms with Crippen molar-refractivity contribution < 1.29 is 8.42 Å². The first-order valence-corrected chi connectivity index (χ1v) is 13.0. The second kappa shape index (κ2) is 9.42. The highest BCUT2D eigenvalue weighted by Gasteiger charge is 2.29. The summed E-state index contributed by atoms with van der Waals surface area (Å²) in [5, 5.41) is 4.38. The van der Waals surface area contributed by atoms with Gasteiger partial charge in [-0.3, -0.25) is 0 Å². The van der Waals surface area contributed by atoms with E-state index in [2.05, 4.69) is 84.4 Å². The number of nitrogens with zero attached hydrogens (tertiary/aromatic N) is 1. The molecule has 0 atom stereocenters. The Morgan fingerprint density at radius 2 is 1.37 bits per heavy atom. The first kappa shape index (κ1) is 24.9. The second-order valence-electron chi connectivity index (χ2n) is 10.9. The zero-order chi connectivity index (χ0) is 22.9. The van der Waals surface area contributed by atoms with Gasteiger partial charge in [-0.15, -0.1) is 0 Å². The van der Waals surface area contributed by atoms with Gasteiger partial charge in [-0.05, 0) is 71.5 Å². The van der Waals surface area contributed by atoms with Crippen LogP contribution in [0.3, 0.4) is 0 Å². The predicted octanol–water partition coefficient (Wildman–Crippen LogP) is 6.93. The Kier molecular flexibility index (Phi) is 7.82. The summed E-state index contributed by atoms with van der Waals surface area (Å²) in [5.41, 5.74) is 4.22. The quantitative estimate of drug-likeness (QED) is 0.494. The topological polar surface area (TPSA) is 58.5 Å². The van der Waals surface area contributed by atoms with E-state index in [-0.39, 0.29) is 11.8 Å². The Balaban J connectivity index is 2.38. The molecule has 170 valence electrons. The summed E-state index contributed by atoms with van der Waals surface area (Å²) in [7, 11) is -3.73. The van der Waals surface area contributed by atoms with Gasteiger partial charge in [-0.1, -0.05) is 74.4 Å². The van der Waals surface area contributed by atoms with Gasteiger partial charge in [-0.2, -0.15) is 13.5 Å². The van der Waals surface area contributed by atoms with Crippen molar-refractivity contribution in [2.75, 3.05) is 0 Å². The normalized spacial score (nSPS) is 18.4. The molecule has 1 aromatic carbocycles. The minimum absolute atomic E-state index is 0.114. The molecule has 0 aromatic heterocycles. The third-order valence-electron chi connectivity index (χ3n) is 6.46. The van der Waals surface area contributed by atoms with Crippen LogP contribution in [0.1, 0.15) is 122 Å². The number of hydrogen-bond donors (Lipinski definition) is 1. The van der Waals surface area contributed by atoms with Gasteiger partial charge in [0.1, 0.15) is 0 Å². The van der Waals surface area contributed by atoms with Crippen LogP contribution in [0.4, 0.5) is 0 Å². The third-order valence-corrected chi connectivity index (χ3v) is 7.80. The van der Waals surface area contributed by atoms with Gasteiger partial charge >= 0.3 is 0 Å². The Bertz CT molecular complexity index is 836. The van der Waals surface area contributed by atoms with Crippen molar-refractivity contribution in [3.63, 3.8) is 0 Å². The van der Waals surface area contributed by atoms with E-state index in [1.165, 1.54) is 5.56 Å². The maximum atomic E-state index is 13.4. The number of rotatable bonds is 6. The lowest BCUT2D eigenvalue weighted by atomic mass is 9.72. The minimum Gasteiger partial charge on any atom is -0.200 e. The van der Waals surface area contributed by atoms with Gasteiger partial charge in [0.15, 0.2) is 0 Å². The molecule has 0 unspecified atom stereocenters. The lowest BCUT2D eigenvalue weighted by Gasteiger charge is -2.34. The average Bonchev–Trinajstić information content (AvgIpc) is 2.64. The van der Waals surface area contributed by atoms with Crippen LogP contribution < -0.4 is 4.83 Å². The monoisotopic (exact) mass is 434 g/mol. The van der Waals surface area contributed by atoms with Crippen molar-refractivity contribution >= 4 is 15.7 Å². The third kappa shape index (κ3) is 5.87. The fourth-order valence-electron chi connectivity index (χ4n) is 4.30. The van der Waals surface area contributed by atoms with Gasteiger partial charge in [0.2, 0.25) is 0 Å². The van der Waals surface area contributed by atoms with Crippen LogP contribution in [0, 0.1) is 11.3 Å². The Hall–Kier alpha value is -1.36. The van der Waals surface area contributed by atoms with Crippen molar-refractivity contribution in [2.24, 2.45) is 16.4 Å². The minimum atomic E-state index is -3.73. The SMILES string of the molecule is CC(C)c1cc(C(C)C)c(S(=O)(=O)NN=C2CCC(C(C)(C)C)CC2)c(C(C)C)c1. The first-order chi connectivity index (χ1) is 13.7. The lowest BCUT2D eigenvalue weighted by molar-refractivity contribution is 0.208. The fraction of sp³-hybridized carbons (Fsp3) is 0.720. The molecule has 30 heavy (non-hydrogen) atoms. The summed E-state index contributed by atoms with van der Waals surface area (Å²) in [4.78, 5) is 3.02. The Morgan fingerprint density at radius 3 is 1.73 bits per heavy atom. The molecule has 0 aliphatic heterocycles. The van der Waals surface area contributed by atoms with Crippen molar-refractivity contribution in [1.29, 1.82) is 0 Å². The number of hydrazone groups is 1. The number of hydrogen-bond acceptors (Lipinski definition) is 3. The fourth-order valence-corrected chi connectivity index (χ4v) is 5.85. The van der Waals surface area contributed by atoms with Crippen LogP contribution in [0.2, 0.25) is 0 Å². The molecule has 5 heteroatoms. The van der Waals surface area contributed by atoms with Gasteiger partial charge < -0.3 is 0 Å². The summed E-state index contributed by atoms with van der Waals surface area (Å²) >= 11 is 0. The van der Waals surface area contributed by atoms with Gasteiger partial charge in [0.05, 0.1) is 4.90 Å². The van der Waals surface area contributed by atoms with Crippen molar-refractivity contribution in [3.8, 4) is 0 Å². The summed E-state index contributed by atoms with van der Waals surface area (Å²) < 4.78 is 26.8. The van der Waals surface area contributed by atoms with E-state index in [4.69, 9.17) is 0 Å².